The Morgan fingerprint density at radius 3 is 2.79 bits per heavy atom. The Balaban J connectivity index is 2.07. The van der Waals surface area contributed by atoms with E-state index in [1.165, 1.54) is 0 Å². The third-order valence-corrected chi connectivity index (χ3v) is 2.47. The number of hydrogen-bond donors (Lipinski definition) is 2. The molecule has 0 amide bonds. The number of halogens is 1. The van der Waals surface area contributed by atoms with Crippen molar-refractivity contribution in [1.82, 2.24) is 25.1 Å². The van der Waals surface area contributed by atoms with Crippen LogP contribution < -0.4 is 10.1 Å². The van der Waals surface area contributed by atoms with Gasteiger partial charge in [0.15, 0.2) is 0 Å². The SMILES string of the molecule is Cc1[nH]ncc1CNc1nc(Cl)nc(OC(C)C)n1. The van der Waals surface area contributed by atoms with Gasteiger partial charge >= 0.3 is 6.01 Å². The minimum absolute atomic E-state index is 0.0255. The lowest BCUT2D eigenvalue weighted by Crippen LogP contribution is -2.11. The molecule has 0 aliphatic rings. The normalized spacial score (nSPS) is 10.8. The fourth-order valence-corrected chi connectivity index (χ4v) is 1.55. The molecular weight excluding hydrogens is 268 g/mol. The van der Waals surface area contributed by atoms with Crippen molar-refractivity contribution in [2.45, 2.75) is 33.4 Å². The molecule has 19 heavy (non-hydrogen) atoms. The minimum Gasteiger partial charge on any atom is -0.461 e. The molecule has 0 aromatic carbocycles. The number of anilines is 1. The van der Waals surface area contributed by atoms with E-state index in [2.05, 4.69) is 30.5 Å². The topological polar surface area (TPSA) is 88.6 Å². The first kappa shape index (κ1) is 13.5. The van der Waals surface area contributed by atoms with E-state index in [0.29, 0.717) is 12.5 Å². The average Bonchev–Trinajstić information content (AvgIpc) is 2.70. The van der Waals surface area contributed by atoms with Gasteiger partial charge in [0.1, 0.15) is 0 Å². The van der Waals surface area contributed by atoms with E-state index in [-0.39, 0.29) is 17.4 Å². The van der Waals surface area contributed by atoms with Gasteiger partial charge in [-0.15, -0.1) is 0 Å². The fourth-order valence-electron chi connectivity index (χ4n) is 1.40. The highest BCUT2D eigenvalue weighted by molar-refractivity contribution is 6.28. The van der Waals surface area contributed by atoms with E-state index >= 15 is 0 Å². The van der Waals surface area contributed by atoms with Crippen molar-refractivity contribution in [3.05, 3.63) is 22.7 Å². The Labute approximate surface area is 115 Å². The van der Waals surface area contributed by atoms with Gasteiger partial charge in [-0.1, -0.05) is 0 Å². The zero-order valence-electron chi connectivity index (χ0n) is 10.9. The Hall–Kier alpha value is -1.89. The van der Waals surface area contributed by atoms with Crippen LogP contribution in [0, 0.1) is 6.92 Å². The van der Waals surface area contributed by atoms with Crippen molar-refractivity contribution < 1.29 is 4.74 Å². The van der Waals surface area contributed by atoms with Crippen LogP contribution in [-0.4, -0.2) is 31.3 Å². The predicted octanol–water partition coefficient (Wildman–Crippen LogP) is 1.96. The highest BCUT2D eigenvalue weighted by Gasteiger charge is 2.08. The summed E-state index contributed by atoms with van der Waals surface area (Å²) >= 11 is 5.82. The first-order valence-electron chi connectivity index (χ1n) is 5.85. The summed E-state index contributed by atoms with van der Waals surface area (Å²) in [5.41, 5.74) is 2.02. The molecule has 0 saturated heterocycles. The largest absolute Gasteiger partial charge is 0.461 e. The number of H-pyrrole nitrogens is 1. The van der Waals surface area contributed by atoms with Crippen LogP contribution in [0.25, 0.3) is 0 Å². The fraction of sp³-hybridized carbons (Fsp3) is 0.455. The van der Waals surface area contributed by atoms with Crippen molar-refractivity contribution in [3.63, 3.8) is 0 Å². The molecule has 102 valence electrons. The van der Waals surface area contributed by atoms with Gasteiger partial charge in [-0.25, -0.2) is 0 Å². The lowest BCUT2D eigenvalue weighted by Gasteiger charge is -2.09. The second-order valence-electron chi connectivity index (χ2n) is 4.25. The summed E-state index contributed by atoms with van der Waals surface area (Å²) in [6.45, 7) is 6.26. The molecule has 7 nitrogen and oxygen atoms in total. The Morgan fingerprint density at radius 2 is 2.16 bits per heavy atom. The predicted molar refractivity (Wildman–Crippen MR) is 71.3 cm³/mol. The molecule has 2 heterocycles. The Bertz CT molecular complexity index is 556. The van der Waals surface area contributed by atoms with Gasteiger partial charge in [-0.2, -0.15) is 20.1 Å². The summed E-state index contributed by atoms with van der Waals surface area (Å²) in [5.74, 6) is 0.372. The van der Waals surface area contributed by atoms with E-state index < -0.39 is 0 Å². The van der Waals surface area contributed by atoms with E-state index in [1.54, 1.807) is 6.20 Å². The molecule has 0 fully saturated rings. The van der Waals surface area contributed by atoms with Crippen LogP contribution >= 0.6 is 11.6 Å². The van der Waals surface area contributed by atoms with Gasteiger partial charge in [-0.05, 0) is 32.4 Å². The van der Waals surface area contributed by atoms with E-state index in [4.69, 9.17) is 16.3 Å². The molecule has 0 radical (unpaired) electrons. The third kappa shape index (κ3) is 3.78. The number of nitrogens with zero attached hydrogens (tertiary/aromatic N) is 4. The number of aryl methyl sites for hydroxylation is 1. The lowest BCUT2D eigenvalue weighted by atomic mass is 10.3. The van der Waals surface area contributed by atoms with Gasteiger partial charge in [-0.3, -0.25) is 5.10 Å². The van der Waals surface area contributed by atoms with E-state index in [1.807, 2.05) is 20.8 Å². The second-order valence-corrected chi connectivity index (χ2v) is 4.59. The van der Waals surface area contributed by atoms with Crippen molar-refractivity contribution >= 4 is 17.5 Å². The highest BCUT2D eigenvalue weighted by atomic mass is 35.5. The van der Waals surface area contributed by atoms with Gasteiger partial charge in [0.2, 0.25) is 11.2 Å². The zero-order valence-corrected chi connectivity index (χ0v) is 11.7. The zero-order chi connectivity index (χ0) is 13.8. The van der Waals surface area contributed by atoms with Gasteiger partial charge in [0.25, 0.3) is 0 Å². The summed E-state index contributed by atoms with van der Waals surface area (Å²) < 4.78 is 5.39. The Morgan fingerprint density at radius 1 is 1.37 bits per heavy atom. The van der Waals surface area contributed by atoms with Crippen LogP contribution in [0.1, 0.15) is 25.1 Å². The smallest absolute Gasteiger partial charge is 0.322 e. The number of aromatic nitrogens is 5. The average molecular weight is 283 g/mol. The maximum atomic E-state index is 5.82. The quantitative estimate of drug-likeness (QED) is 0.871. The molecule has 0 spiro atoms. The standard InChI is InChI=1S/C11H15ClN6O/c1-6(2)19-11-16-9(12)15-10(17-11)13-4-8-5-14-18-7(8)3/h5-6H,4H2,1-3H3,(H,14,18)(H,13,15,16,17). The molecule has 0 saturated carbocycles. The molecule has 2 N–H and O–H groups in total. The maximum Gasteiger partial charge on any atom is 0.322 e. The van der Waals surface area contributed by atoms with Crippen molar-refractivity contribution in [2.24, 2.45) is 0 Å². The molecule has 0 unspecified atom stereocenters. The van der Waals surface area contributed by atoms with Crippen LogP contribution in [-0.2, 0) is 6.54 Å². The van der Waals surface area contributed by atoms with Crippen LogP contribution in [0.4, 0.5) is 5.95 Å². The second kappa shape index (κ2) is 5.83. The minimum atomic E-state index is -0.0255. The first-order chi connectivity index (χ1) is 9.04. The summed E-state index contributed by atoms with van der Waals surface area (Å²) in [5, 5.41) is 9.95. The molecular formula is C11H15ClN6O. The van der Waals surface area contributed by atoms with Crippen LogP contribution in [0.5, 0.6) is 6.01 Å². The van der Waals surface area contributed by atoms with Crippen molar-refractivity contribution in [2.75, 3.05) is 5.32 Å². The number of aromatic amines is 1. The monoisotopic (exact) mass is 282 g/mol. The van der Waals surface area contributed by atoms with Crippen molar-refractivity contribution in [3.8, 4) is 6.01 Å². The summed E-state index contributed by atoms with van der Waals surface area (Å²) in [4.78, 5) is 12.0. The summed E-state index contributed by atoms with van der Waals surface area (Å²) in [6.07, 6.45) is 1.72. The highest BCUT2D eigenvalue weighted by Crippen LogP contribution is 2.13. The number of rotatable bonds is 5. The molecule has 0 atom stereocenters. The molecule has 2 aromatic rings. The third-order valence-electron chi connectivity index (χ3n) is 2.30. The van der Waals surface area contributed by atoms with Crippen molar-refractivity contribution in [1.29, 1.82) is 0 Å². The number of nitrogens with one attached hydrogen (secondary N) is 2. The van der Waals surface area contributed by atoms with Gasteiger partial charge < -0.3 is 10.1 Å². The van der Waals surface area contributed by atoms with Gasteiger partial charge in [0.05, 0.1) is 12.3 Å². The maximum absolute atomic E-state index is 5.82. The van der Waals surface area contributed by atoms with Gasteiger partial charge in [0, 0.05) is 17.8 Å². The molecule has 2 aromatic heterocycles. The summed E-state index contributed by atoms with van der Waals surface area (Å²) in [6, 6.07) is 0.210. The number of hydrogen-bond acceptors (Lipinski definition) is 6. The molecule has 0 bridgehead atoms. The van der Waals surface area contributed by atoms with E-state index in [0.717, 1.165) is 11.3 Å². The molecule has 2 rings (SSSR count). The van der Waals surface area contributed by atoms with E-state index in [9.17, 15) is 0 Å². The van der Waals surface area contributed by atoms with Crippen LogP contribution in [0.3, 0.4) is 0 Å². The van der Waals surface area contributed by atoms with Crippen LogP contribution in [0.15, 0.2) is 6.20 Å². The Kier molecular flexibility index (Phi) is 4.16. The number of ether oxygens (including phenoxy) is 1. The summed E-state index contributed by atoms with van der Waals surface area (Å²) in [7, 11) is 0. The first-order valence-corrected chi connectivity index (χ1v) is 6.23. The lowest BCUT2D eigenvalue weighted by molar-refractivity contribution is 0.222. The molecule has 0 aliphatic carbocycles. The van der Waals surface area contributed by atoms with Crippen LogP contribution in [0.2, 0.25) is 5.28 Å². The molecule has 0 aliphatic heterocycles. The molecule has 8 heteroatoms.